The van der Waals surface area contributed by atoms with Crippen molar-refractivity contribution in [3.8, 4) is 0 Å². The summed E-state index contributed by atoms with van der Waals surface area (Å²) in [6.45, 7) is 6.79. The molecule has 1 rings (SSSR count). The molecule has 0 atom stereocenters. The normalized spacial score (nSPS) is 10.9. The minimum atomic E-state index is -0.779. The van der Waals surface area contributed by atoms with Gasteiger partial charge in [0.05, 0.1) is 0 Å². The Morgan fingerprint density at radius 2 is 1.93 bits per heavy atom. The van der Waals surface area contributed by atoms with Gasteiger partial charge < -0.3 is 4.74 Å². The standard InChI is InChI=1S/C12H13FO2/c1-4-11(14)15-12(2,3)9-5-7-10(13)8-6-9/h4-8H,1H2,2-3H3. The lowest BCUT2D eigenvalue weighted by Gasteiger charge is -2.24. The average Bonchev–Trinajstić information content (AvgIpc) is 2.17. The van der Waals surface area contributed by atoms with Crippen LogP contribution in [0.1, 0.15) is 19.4 Å². The monoisotopic (exact) mass is 208 g/mol. The molecule has 2 nitrogen and oxygen atoms in total. The van der Waals surface area contributed by atoms with Gasteiger partial charge in [0.1, 0.15) is 11.4 Å². The Bertz CT molecular complexity index is 366. The van der Waals surface area contributed by atoms with E-state index in [-0.39, 0.29) is 5.82 Å². The first-order chi connectivity index (χ1) is 6.95. The Morgan fingerprint density at radius 1 is 1.40 bits per heavy atom. The summed E-state index contributed by atoms with van der Waals surface area (Å²) in [5.41, 5.74) is -0.0435. The van der Waals surface area contributed by atoms with Gasteiger partial charge in [-0.05, 0) is 31.5 Å². The van der Waals surface area contributed by atoms with E-state index in [1.807, 2.05) is 0 Å². The van der Waals surface area contributed by atoms with Crippen LogP contribution in [0.5, 0.6) is 0 Å². The van der Waals surface area contributed by atoms with Crippen molar-refractivity contribution in [3.63, 3.8) is 0 Å². The van der Waals surface area contributed by atoms with Gasteiger partial charge in [-0.2, -0.15) is 0 Å². The molecule has 0 amide bonds. The third-order valence-corrected chi connectivity index (χ3v) is 2.06. The summed E-state index contributed by atoms with van der Waals surface area (Å²) in [4.78, 5) is 11.1. The van der Waals surface area contributed by atoms with Crippen LogP contribution in [-0.4, -0.2) is 5.97 Å². The van der Waals surface area contributed by atoms with E-state index in [2.05, 4.69) is 6.58 Å². The molecule has 80 valence electrons. The Balaban J connectivity index is 2.89. The summed E-state index contributed by atoms with van der Waals surface area (Å²) in [5, 5.41) is 0. The number of carbonyl (C=O) groups excluding carboxylic acids is 1. The second-order valence-corrected chi connectivity index (χ2v) is 3.64. The van der Waals surface area contributed by atoms with Crippen LogP contribution < -0.4 is 0 Å². The molecule has 0 saturated carbocycles. The highest BCUT2D eigenvalue weighted by Gasteiger charge is 2.24. The molecule has 0 N–H and O–H groups in total. The van der Waals surface area contributed by atoms with Crippen LogP contribution in [0.4, 0.5) is 4.39 Å². The van der Waals surface area contributed by atoms with Crippen molar-refractivity contribution >= 4 is 5.97 Å². The highest BCUT2D eigenvalue weighted by molar-refractivity contribution is 5.81. The van der Waals surface area contributed by atoms with Gasteiger partial charge in [-0.3, -0.25) is 0 Å². The Morgan fingerprint density at radius 3 is 2.40 bits per heavy atom. The highest BCUT2D eigenvalue weighted by Crippen LogP contribution is 2.24. The smallest absolute Gasteiger partial charge is 0.331 e. The summed E-state index contributed by atoms with van der Waals surface area (Å²) in [7, 11) is 0. The summed E-state index contributed by atoms with van der Waals surface area (Å²) in [5.74, 6) is -0.811. The van der Waals surface area contributed by atoms with Crippen LogP contribution in [0.3, 0.4) is 0 Å². The molecule has 0 spiro atoms. The van der Waals surface area contributed by atoms with E-state index in [1.54, 1.807) is 26.0 Å². The molecule has 0 fully saturated rings. The van der Waals surface area contributed by atoms with Gasteiger partial charge in [-0.25, -0.2) is 9.18 Å². The fourth-order valence-corrected chi connectivity index (χ4v) is 1.20. The molecule has 0 aliphatic rings. The predicted octanol–water partition coefficient (Wildman–Crippen LogP) is 2.79. The maximum absolute atomic E-state index is 12.7. The molecule has 15 heavy (non-hydrogen) atoms. The Labute approximate surface area is 88.4 Å². The molecular weight excluding hydrogens is 195 g/mol. The molecule has 0 bridgehead atoms. The number of rotatable bonds is 3. The molecule has 0 heterocycles. The van der Waals surface area contributed by atoms with Crippen LogP contribution in [0.15, 0.2) is 36.9 Å². The van der Waals surface area contributed by atoms with Gasteiger partial charge in [0, 0.05) is 6.08 Å². The van der Waals surface area contributed by atoms with Crippen molar-refractivity contribution in [2.24, 2.45) is 0 Å². The van der Waals surface area contributed by atoms with E-state index in [0.29, 0.717) is 0 Å². The Hall–Kier alpha value is -1.64. The second kappa shape index (κ2) is 4.26. The lowest BCUT2D eigenvalue weighted by Crippen LogP contribution is -2.24. The second-order valence-electron chi connectivity index (χ2n) is 3.64. The van der Waals surface area contributed by atoms with E-state index < -0.39 is 11.6 Å². The van der Waals surface area contributed by atoms with Gasteiger partial charge in [-0.1, -0.05) is 18.7 Å². The molecular formula is C12H13FO2. The van der Waals surface area contributed by atoms with Crippen molar-refractivity contribution in [2.75, 3.05) is 0 Å². The van der Waals surface area contributed by atoms with Crippen LogP contribution >= 0.6 is 0 Å². The maximum atomic E-state index is 12.7. The molecule has 0 radical (unpaired) electrons. The number of carbonyl (C=O) groups is 1. The highest BCUT2D eigenvalue weighted by atomic mass is 19.1. The third-order valence-electron chi connectivity index (χ3n) is 2.06. The first kappa shape index (κ1) is 11.4. The fraction of sp³-hybridized carbons (Fsp3) is 0.250. The van der Waals surface area contributed by atoms with E-state index in [9.17, 15) is 9.18 Å². The van der Waals surface area contributed by atoms with Crippen molar-refractivity contribution in [1.29, 1.82) is 0 Å². The van der Waals surface area contributed by atoms with Crippen molar-refractivity contribution in [3.05, 3.63) is 48.3 Å². The summed E-state index contributed by atoms with van der Waals surface area (Å²) in [6, 6.07) is 5.84. The summed E-state index contributed by atoms with van der Waals surface area (Å²) >= 11 is 0. The molecule has 0 aliphatic heterocycles. The van der Waals surface area contributed by atoms with E-state index >= 15 is 0 Å². The molecule has 1 aromatic rings. The van der Waals surface area contributed by atoms with E-state index in [1.165, 1.54) is 12.1 Å². The number of ether oxygens (including phenoxy) is 1. The maximum Gasteiger partial charge on any atom is 0.331 e. The predicted molar refractivity (Wildman–Crippen MR) is 55.7 cm³/mol. The zero-order chi connectivity index (χ0) is 11.5. The molecule has 0 aromatic heterocycles. The molecule has 3 heteroatoms. The van der Waals surface area contributed by atoms with E-state index in [4.69, 9.17) is 4.74 Å². The Kier molecular flexibility index (Phi) is 3.24. The third kappa shape index (κ3) is 2.91. The van der Waals surface area contributed by atoms with Crippen LogP contribution in [-0.2, 0) is 15.1 Å². The molecule has 0 unspecified atom stereocenters. The number of hydrogen-bond acceptors (Lipinski definition) is 2. The van der Waals surface area contributed by atoms with E-state index in [0.717, 1.165) is 11.6 Å². The van der Waals surface area contributed by atoms with Gasteiger partial charge in [0.15, 0.2) is 0 Å². The largest absolute Gasteiger partial charge is 0.452 e. The van der Waals surface area contributed by atoms with Crippen LogP contribution in [0.25, 0.3) is 0 Å². The molecule has 0 aliphatic carbocycles. The van der Waals surface area contributed by atoms with Gasteiger partial charge in [0.25, 0.3) is 0 Å². The lowest BCUT2D eigenvalue weighted by molar-refractivity contribution is -0.151. The number of benzene rings is 1. The average molecular weight is 208 g/mol. The molecule has 0 saturated heterocycles. The fourth-order valence-electron chi connectivity index (χ4n) is 1.20. The first-order valence-corrected chi connectivity index (χ1v) is 4.57. The first-order valence-electron chi connectivity index (χ1n) is 4.57. The van der Waals surface area contributed by atoms with Crippen LogP contribution in [0, 0.1) is 5.82 Å². The number of hydrogen-bond donors (Lipinski definition) is 0. The van der Waals surface area contributed by atoms with Crippen LogP contribution in [0.2, 0.25) is 0 Å². The summed E-state index contributed by atoms with van der Waals surface area (Å²) < 4.78 is 17.8. The van der Waals surface area contributed by atoms with Gasteiger partial charge in [-0.15, -0.1) is 0 Å². The zero-order valence-electron chi connectivity index (χ0n) is 8.79. The zero-order valence-corrected chi connectivity index (χ0v) is 8.79. The van der Waals surface area contributed by atoms with Gasteiger partial charge >= 0.3 is 5.97 Å². The minimum Gasteiger partial charge on any atom is -0.452 e. The van der Waals surface area contributed by atoms with Crippen molar-refractivity contribution in [2.45, 2.75) is 19.4 Å². The quantitative estimate of drug-likeness (QED) is 0.564. The topological polar surface area (TPSA) is 26.3 Å². The van der Waals surface area contributed by atoms with Gasteiger partial charge in [0.2, 0.25) is 0 Å². The molecule has 1 aromatic carbocycles. The summed E-state index contributed by atoms with van der Waals surface area (Å²) in [6.07, 6.45) is 1.10. The number of esters is 1. The minimum absolute atomic E-state index is 0.315. The number of halogens is 1. The van der Waals surface area contributed by atoms with Crippen molar-refractivity contribution < 1.29 is 13.9 Å². The van der Waals surface area contributed by atoms with Crippen molar-refractivity contribution in [1.82, 2.24) is 0 Å². The SMILES string of the molecule is C=CC(=O)OC(C)(C)c1ccc(F)cc1. The lowest BCUT2D eigenvalue weighted by atomic mass is 9.98.